The highest BCUT2D eigenvalue weighted by molar-refractivity contribution is 5.83. The molecule has 0 aliphatic rings. The second-order valence-electron chi connectivity index (χ2n) is 5.45. The fourth-order valence-electron chi connectivity index (χ4n) is 2.55. The molecule has 1 atom stereocenters. The fourth-order valence-corrected chi connectivity index (χ4v) is 2.55. The molecule has 0 radical (unpaired) electrons. The lowest BCUT2D eigenvalue weighted by molar-refractivity contribution is -0.149. The molecule has 116 valence electrons. The summed E-state index contributed by atoms with van der Waals surface area (Å²) >= 11 is 0. The number of ether oxygens (including phenoxy) is 1. The van der Waals surface area contributed by atoms with Gasteiger partial charge in [0.2, 0.25) is 0 Å². The van der Waals surface area contributed by atoms with Crippen LogP contribution in [0.15, 0.2) is 48.5 Å². The summed E-state index contributed by atoms with van der Waals surface area (Å²) in [6.45, 7) is 3.69. The number of rotatable bonds is 5. The summed E-state index contributed by atoms with van der Waals surface area (Å²) in [6.07, 6.45) is 0.355. The molecular weight excluding hydrogens is 281 g/mol. The van der Waals surface area contributed by atoms with Gasteiger partial charge < -0.3 is 10.5 Å². The van der Waals surface area contributed by atoms with Gasteiger partial charge in [-0.2, -0.15) is 0 Å². The van der Waals surface area contributed by atoms with Gasteiger partial charge in [0, 0.05) is 11.3 Å². The predicted octanol–water partition coefficient (Wildman–Crippen LogP) is 3.47. The molecule has 0 saturated heterocycles. The van der Waals surface area contributed by atoms with Crippen LogP contribution in [0.1, 0.15) is 25.0 Å². The molecule has 0 aliphatic heterocycles. The zero-order valence-corrected chi connectivity index (χ0v) is 12.8. The minimum atomic E-state index is -1.10. The standard InChI is InChI=1S/C18H20FNO2/c1-3-22-17(21)18(2,12-13-7-5-4-6-8-13)15-10-9-14(20)11-16(15)19/h4-11H,3,12,20H2,1-2H3. The summed E-state index contributed by atoms with van der Waals surface area (Å²) in [5.41, 5.74) is 6.06. The molecule has 0 aliphatic carbocycles. The topological polar surface area (TPSA) is 52.3 Å². The van der Waals surface area contributed by atoms with Crippen LogP contribution in [-0.4, -0.2) is 12.6 Å². The number of anilines is 1. The predicted molar refractivity (Wildman–Crippen MR) is 84.9 cm³/mol. The van der Waals surface area contributed by atoms with Crippen LogP contribution in [0.4, 0.5) is 10.1 Å². The molecule has 0 heterocycles. The van der Waals surface area contributed by atoms with Crippen molar-refractivity contribution in [2.45, 2.75) is 25.7 Å². The maximum absolute atomic E-state index is 14.4. The Morgan fingerprint density at radius 3 is 2.50 bits per heavy atom. The summed E-state index contributed by atoms with van der Waals surface area (Å²) in [5, 5.41) is 0. The average molecular weight is 301 g/mol. The van der Waals surface area contributed by atoms with E-state index in [4.69, 9.17) is 10.5 Å². The van der Waals surface area contributed by atoms with Crippen molar-refractivity contribution in [1.82, 2.24) is 0 Å². The fraction of sp³-hybridized carbons (Fsp3) is 0.278. The maximum Gasteiger partial charge on any atom is 0.316 e. The molecule has 0 aromatic heterocycles. The van der Waals surface area contributed by atoms with Crippen molar-refractivity contribution in [3.63, 3.8) is 0 Å². The van der Waals surface area contributed by atoms with E-state index in [-0.39, 0.29) is 6.61 Å². The summed E-state index contributed by atoms with van der Waals surface area (Å²) in [7, 11) is 0. The van der Waals surface area contributed by atoms with Crippen LogP contribution in [0.5, 0.6) is 0 Å². The number of benzene rings is 2. The van der Waals surface area contributed by atoms with Gasteiger partial charge >= 0.3 is 5.97 Å². The number of hydrogen-bond acceptors (Lipinski definition) is 3. The zero-order valence-electron chi connectivity index (χ0n) is 12.8. The van der Waals surface area contributed by atoms with Crippen LogP contribution in [0.2, 0.25) is 0 Å². The molecule has 0 amide bonds. The SMILES string of the molecule is CCOC(=O)C(C)(Cc1ccccc1)c1ccc(N)cc1F. The minimum Gasteiger partial charge on any atom is -0.465 e. The Hall–Kier alpha value is -2.36. The lowest BCUT2D eigenvalue weighted by Gasteiger charge is -2.28. The van der Waals surface area contributed by atoms with Crippen LogP contribution in [0.3, 0.4) is 0 Å². The molecule has 1 unspecified atom stereocenters. The van der Waals surface area contributed by atoms with Crippen molar-refractivity contribution >= 4 is 11.7 Å². The first kappa shape index (κ1) is 16.0. The summed E-state index contributed by atoms with van der Waals surface area (Å²) in [6, 6.07) is 13.9. The van der Waals surface area contributed by atoms with Crippen molar-refractivity contribution in [1.29, 1.82) is 0 Å². The van der Waals surface area contributed by atoms with Gasteiger partial charge in [-0.05, 0) is 38.0 Å². The van der Waals surface area contributed by atoms with E-state index in [0.717, 1.165) is 5.56 Å². The average Bonchev–Trinajstić information content (AvgIpc) is 2.48. The van der Waals surface area contributed by atoms with Crippen molar-refractivity contribution in [2.75, 3.05) is 12.3 Å². The van der Waals surface area contributed by atoms with Crippen LogP contribution in [0.25, 0.3) is 0 Å². The first-order valence-electron chi connectivity index (χ1n) is 7.24. The van der Waals surface area contributed by atoms with E-state index >= 15 is 0 Å². The third kappa shape index (κ3) is 3.27. The zero-order chi connectivity index (χ0) is 16.2. The van der Waals surface area contributed by atoms with Crippen molar-refractivity contribution in [3.05, 3.63) is 65.5 Å². The van der Waals surface area contributed by atoms with E-state index in [9.17, 15) is 9.18 Å². The highest BCUT2D eigenvalue weighted by Crippen LogP contribution is 2.32. The molecule has 2 N–H and O–H groups in total. The van der Waals surface area contributed by atoms with Crippen LogP contribution in [0, 0.1) is 5.82 Å². The van der Waals surface area contributed by atoms with Gasteiger partial charge in [0.25, 0.3) is 0 Å². The minimum absolute atomic E-state index is 0.250. The van der Waals surface area contributed by atoms with E-state index in [0.29, 0.717) is 17.7 Å². The molecule has 22 heavy (non-hydrogen) atoms. The number of halogens is 1. The lowest BCUT2D eigenvalue weighted by Crippen LogP contribution is -2.37. The van der Waals surface area contributed by atoms with Crippen molar-refractivity contribution in [3.8, 4) is 0 Å². The van der Waals surface area contributed by atoms with Crippen LogP contribution < -0.4 is 5.73 Å². The number of esters is 1. The van der Waals surface area contributed by atoms with E-state index in [2.05, 4.69) is 0 Å². The number of carbonyl (C=O) groups is 1. The van der Waals surface area contributed by atoms with Gasteiger partial charge in [-0.15, -0.1) is 0 Å². The maximum atomic E-state index is 14.4. The third-order valence-corrected chi connectivity index (χ3v) is 3.71. The van der Waals surface area contributed by atoms with E-state index in [1.54, 1.807) is 26.0 Å². The summed E-state index contributed by atoms with van der Waals surface area (Å²) in [5.74, 6) is -0.936. The molecule has 2 rings (SSSR count). The Morgan fingerprint density at radius 1 is 1.23 bits per heavy atom. The largest absolute Gasteiger partial charge is 0.465 e. The van der Waals surface area contributed by atoms with Gasteiger partial charge in [-0.1, -0.05) is 36.4 Å². The molecule has 4 heteroatoms. The highest BCUT2D eigenvalue weighted by atomic mass is 19.1. The van der Waals surface area contributed by atoms with E-state index in [1.807, 2.05) is 30.3 Å². The molecule has 0 fully saturated rings. The Kier molecular flexibility index (Phi) is 4.81. The van der Waals surface area contributed by atoms with Gasteiger partial charge in [0.05, 0.1) is 12.0 Å². The number of nitrogen functional groups attached to an aromatic ring is 1. The molecule has 0 saturated carbocycles. The van der Waals surface area contributed by atoms with Gasteiger partial charge in [-0.3, -0.25) is 4.79 Å². The number of hydrogen-bond donors (Lipinski definition) is 1. The normalized spacial score (nSPS) is 13.4. The second-order valence-corrected chi connectivity index (χ2v) is 5.45. The molecule has 2 aromatic carbocycles. The van der Waals surface area contributed by atoms with E-state index in [1.165, 1.54) is 6.07 Å². The third-order valence-electron chi connectivity index (χ3n) is 3.71. The Balaban J connectivity index is 2.47. The van der Waals surface area contributed by atoms with Crippen molar-refractivity contribution in [2.24, 2.45) is 0 Å². The van der Waals surface area contributed by atoms with Crippen LogP contribution in [-0.2, 0) is 21.4 Å². The second kappa shape index (κ2) is 6.60. The van der Waals surface area contributed by atoms with Gasteiger partial charge in [-0.25, -0.2) is 4.39 Å². The smallest absolute Gasteiger partial charge is 0.316 e. The highest BCUT2D eigenvalue weighted by Gasteiger charge is 2.39. The first-order valence-corrected chi connectivity index (χ1v) is 7.24. The Morgan fingerprint density at radius 2 is 1.91 bits per heavy atom. The summed E-state index contributed by atoms with van der Waals surface area (Å²) < 4.78 is 19.5. The number of nitrogens with two attached hydrogens (primary N) is 1. The monoisotopic (exact) mass is 301 g/mol. The Labute approximate surface area is 129 Å². The van der Waals surface area contributed by atoms with Gasteiger partial charge in [0.1, 0.15) is 5.82 Å². The molecule has 3 nitrogen and oxygen atoms in total. The first-order chi connectivity index (χ1) is 10.5. The van der Waals surface area contributed by atoms with Crippen molar-refractivity contribution < 1.29 is 13.9 Å². The van der Waals surface area contributed by atoms with E-state index < -0.39 is 17.2 Å². The lowest BCUT2D eigenvalue weighted by atomic mass is 9.77. The Bertz CT molecular complexity index is 657. The summed E-state index contributed by atoms with van der Waals surface area (Å²) in [4.78, 5) is 12.5. The van der Waals surface area contributed by atoms with Gasteiger partial charge in [0.15, 0.2) is 0 Å². The molecule has 2 aromatic rings. The van der Waals surface area contributed by atoms with Crippen LogP contribution >= 0.6 is 0 Å². The quantitative estimate of drug-likeness (QED) is 0.679. The molecule has 0 spiro atoms. The molecule has 0 bridgehead atoms. The molecular formula is C18H20FNO2. The number of carbonyl (C=O) groups excluding carboxylic acids is 1.